The SMILES string of the molecule is COc1cc(CNC(Cc2c[nH]c3ccccc23)C(=O)O)ccc1OCc1c(F)cccc1Cl. The average Bonchev–Trinajstić information content (AvgIpc) is 3.24. The summed E-state index contributed by atoms with van der Waals surface area (Å²) in [6.45, 7) is 0.264. The summed E-state index contributed by atoms with van der Waals surface area (Å²) in [5.41, 5.74) is 2.99. The number of rotatable bonds is 10. The summed E-state index contributed by atoms with van der Waals surface area (Å²) >= 11 is 6.06. The highest BCUT2D eigenvalue weighted by Crippen LogP contribution is 2.30. The van der Waals surface area contributed by atoms with Gasteiger partial charge in [0.15, 0.2) is 11.5 Å². The third-order valence-electron chi connectivity index (χ3n) is 5.61. The summed E-state index contributed by atoms with van der Waals surface area (Å²) in [7, 11) is 1.51. The Kier molecular flexibility index (Phi) is 7.35. The molecule has 0 radical (unpaired) electrons. The summed E-state index contributed by atoms with van der Waals surface area (Å²) in [5.74, 6) is -0.490. The molecule has 176 valence electrons. The van der Waals surface area contributed by atoms with E-state index in [1.54, 1.807) is 24.3 Å². The van der Waals surface area contributed by atoms with E-state index in [2.05, 4.69) is 10.3 Å². The molecule has 1 heterocycles. The number of halogens is 2. The van der Waals surface area contributed by atoms with Gasteiger partial charge >= 0.3 is 5.97 Å². The number of fused-ring (bicyclic) bond motifs is 1. The quantitative estimate of drug-likeness (QED) is 0.284. The molecule has 0 amide bonds. The van der Waals surface area contributed by atoms with Gasteiger partial charge in [-0.2, -0.15) is 0 Å². The summed E-state index contributed by atoms with van der Waals surface area (Å²) in [6.07, 6.45) is 2.18. The van der Waals surface area contributed by atoms with Crippen LogP contribution in [0.2, 0.25) is 5.02 Å². The second-order valence-corrected chi connectivity index (χ2v) is 8.22. The lowest BCUT2D eigenvalue weighted by atomic mass is 10.0. The molecule has 0 saturated carbocycles. The average molecular weight is 483 g/mol. The van der Waals surface area contributed by atoms with Crippen molar-refractivity contribution in [1.82, 2.24) is 10.3 Å². The van der Waals surface area contributed by atoms with Crippen LogP contribution < -0.4 is 14.8 Å². The highest BCUT2D eigenvalue weighted by molar-refractivity contribution is 6.31. The van der Waals surface area contributed by atoms with Crippen LogP contribution in [0, 0.1) is 5.82 Å². The maximum Gasteiger partial charge on any atom is 0.321 e. The van der Waals surface area contributed by atoms with Crippen molar-refractivity contribution in [2.45, 2.75) is 25.6 Å². The van der Waals surface area contributed by atoms with Crippen LogP contribution in [0.3, 0.4) is 0 Å². The van der Waals surface area contributed by atoms with E-state index in [9.17, 15) is 14.3 Å². The molecule has 0 saturated heterocycles. The highest BCUT2D eigenvalue weighted by atomic mass is 35.5. The number of carbonyl (C=O) groups is 1. The van der Waals surface area contributed by atoms with Gasteiger partial charge in [0.05, 0.1) is 12.1 Å². The summed E-state index contributed by atoms with van der Waals surface area (Å²) in [5, 5.41) is 14.1. The lowest BCUT2D eigenvalue weighted by Gasteiger charge is -2.16. The number of aromatic nitrogens is 1. The summed E-state index contributed by atoms with van der Waals surface area (Å²) < 4.78 is 25.2. The number of aliphatic carboxylic acids is 1. The lowest BCUT2D eigenvalue weighted by Crippen LogP contribution is -2.38. The van der Waals surface area contributed by atoms with Crippen molar-refractivity contribution in [2.24, 2.45) is 0 Å². The fraction of sp³-hybridized carbons (Fsp3) is 0.192. The van der Waals surface area contributed by atoms with Crippen molar-refractivity contribution in [3.05, 3.63) is 94.4 Å². The Hall–Kier alpha value is -3.55. The van der Waals surface area contributed by atoms with E-state index in [-0.39, 0.29) is 17.2 Å². The Morgan fingerprint density at radius 3 is 2.74 bits per heavy atom. The van der Waals surface area contributed by atoms with Crippen molar-refractivity contribution in [3.63, 3.8) is 0 Å². The number of nitrogens with one attached hydrogen (secondary N) is 2. The maximum atomic E-state index is 14.0. The molecule has 0 aliphatic heterocycles. The van der Waals surface area contributed by atoms with Crippen molar-refractivity contribution >= 4 is 28.5 Å². The van der Waals surface area contributed by atoms with Crippen LogP contribution in [0.25, 0.3) is 10.9 Å². The van der Waals surface area contributed by atoms with Gasteiger partial charge in [-0.3, -0.25) is 4.79 Å². The molecule has 6 nitrogen and oxygen atoms in total. The third kappa shape index (κ3) is 5.32. The van der Waals surface area contributed by atoms with E-state index < -0.39 is 17.8 Å². The molecule has 4 aromatic rings. The van der Waals surface area contributed by atoms with E-state index in [4.69, 9.17) is 21.1 Å². The van der Waals surface area contributed by atoms with E-state index in [0.717, 1.165) is 22.0 Å². The second kappa shape index (κ2) is 10.6. The Morgan fingerprint density at radius 1 is 1.15 bits per heavy atom. The zero-order valence-electron chi connectivity index (χ0n) is 18.5. The Balaban J connectivity index is 1.43. The van der Waals surface area contributed by atoms with E-state index in [1.807, 2.05) is 30.5 Å². The predicted molar refractivity (Wildman–Crippen MR) is 129 cm³/mol. The molecule has 1 atom stereocenters. The first-order chi connectivity index (χ1) is 16.5. The van der Waals surface area contributed by atoms with E-state index in [1.165, 1.54) is 19.2 Å². The Labute approximate surface area is 201 Å². The Morgan fingerprint density at radius 2 is 1.97 bits per heavy atom. The standard InChI is InChI=1S/C26H24ClFN2O4/c1-33-25-11-16(9-10-24(25)34-15-19-20(27)6-4-7-21(19)28)13-29-23(26(31)32)12-17-14-30-22-8-3-2-5-18(17)22/h2-11,14,23,29-30H,12-13,15H2,1H3,(H,31,32). The summed E-state index contributed by atoms with van der Waals surface area (Å²) in [4.78, 5) is 15.1. The minimum atomic E-state index is -0.932. The molecular weight excluding hydrogens is 459 g/mol. The third-order valence-corrected chi connectivity index (χ3v) is 5.97. The number of methoxy groups -OCH3 is 1. The number of carboxylic acids is 1. The number of hydrogen-bond acceptors (Lipinski definition) is 4. The first kappa shape index (κ1) is 23.6. The maximum absolute atomic E-state index is 14.0. The second-order valence-electron chi connectivity index (χ2n) is 7.81. The monoisotopic (exact) mass is 482 g/mol. The van der Waals surface area contributed by atoms with Crippen LogP contribution in [0.4, 0.5) is 4.39 Å². The molecule has 0 bridgehead atoms. The topological polar surface area (TPSA) is 83.6 Å². The Bertz CT molecular complexity index is 1290. The molecule has 0 fully saturated rings. The van der Waals surface area contributed by atoms with Gasteiger partial charge in [-0.1, -0.05) is 41.9 Å². The predicted octanol–water partition coefficient (Wildman–Crippen LogP) is 5.33. The van der Waals surface area contributed by atoms with Crippen molar-refractivity contribution in [2.75, 3.05) is 7.11 Å². The van der Waals surface area contributed by atoms with Crippen molar-refractivity contribution < 1.29 is 23.8 Å². The number of H-pyrrole nitrogens is 1. The van der Waals surface area contributed by atoms with Crippen LogP contribution in [0.1, 0.15) is 16.7 Å². The van der Waals surface area contributed by atoms with Crippen LogP contribution in [-0.2, 0) is 24.4 Å². The molecule has 8 heteroatoms. The lowest BCUT2D eigenvalue weighted by molar-refractivity contribution is -0.139. The largest absolute Gasteiger partial charge is 0.493 e. The highest BCUT2D eigenvalue weighted by Gasteiger charge is 2.19. The molecule has 3 aromatic carbocycles. The molecule has 0 aliphatic rings. The molecule has 0 spiro atoms. The zero-order chi connectivity index (χ0) is 24.1. The van der Waals surface area contributed by atoms with Gasteiger partial charge in [-0.15, -0.1) is 0 Å². The number of ether oxygens (including phenoxy) is 2. The number of aromatic amines is 1. The van der Waals surface area contributed by atoms with Crippen LogP contribution >= 0.6 is 11.6 Å². The van der Waals surface area contributed by atoms with Gasteiger partial charge in [0.25, 0.3) is 0 Å². The van der Waals surface area contributed by atoms with Crippen LogP contribution in [0.15, 0.2) is 66.9 Å². The molecule has 34 heavy (non-hydrogen) atoms. The fourth-order valence-electron chi connectivity index (χ4n) is 3.77. The summed E-state index contributed by atoms with van der Waals surface area (Å²) in [6, 6.07) is 16.7. The molecule has 4 rings (SSSR count). The van der Waals surface area contributed by atoms with Gasteiger partial charge in [-0.05, 0) is 41.5 Å². The van der Waals surface area contributed by atoms with Gasteiger partial charge in [0.2, 0.25) is 0 Å². The minimum absolute atomic E-state index is 0.0504. The fourth-order valence-corrected chi connectivity index (χ4v) is 3.99. The van der Waals surface area contributed by atoms with Gasteiger partial charge in [0.1, 0.15) is 18.5 Å². The smallest absolute Gasteiger partial charge is 0.321 e. The first-order valence-electron chi connectivity index (χ1n) is 10.7. The van der Waals surface area contributed by atoms with E-state index in [0.29, 0.717) is 24.5 Å². The van der Waals surface area contributed by atoms with Crippen LogP contribution in [-0.4, -0.2) is 29.2 Å². The molecule has 1 aromatic heterocycles. The molecule has 3 N–H and O–H groups in total. The first-order valence-corrected chi connectivity index (χ1v) is 11.1. The zero-order valence-corrected chi connectivity index (χ0v) is 19.2. The van der Waals surface area contributed by atoms with Crippen molar-refractivity contribution in [1.29, 1.82) is 0 Å². The molecule has 0 aliphatic carbocycles. The van der Waals surface area contributed by atoms with Gasteiger partial charge < -0.3 is 24.9 Å². The van der Waals surface area contributed by atoms with Gasteiger partial charge in [0, 0.05) is 35.6 Å². The molecule has 1 unspecified atom stereocenters. The molecular formula is C26H24ClFN2O4. The number of benzene rings is 3. The van der Waals surface area contributed by atoms with Crippen LogP contribution in [0.5, 0.6) is 11.5 Å². The normalized spacial score (nSPS) is 12.0. The number of hydrogen-bond donors (Lipinski definition) is 3. The van der Waals surface area contributed by atoms with Gasteiger partial charge in [-0.25, -0.2) is 4.39 Å². The minimum Gasteiger partial charge on any atom is -0.493 e. The van der Waals surface area contributed by atoms with Crippen molar-refractivity contribution in [3.8, 4) is 11.5 Å². The number of para-hydroxylation sites is 1. The van der Waals surface area contributed by atoms with E-state index >= 15 is 0 Å². The number of carboxylic acid groups (broad SMARTS) is 1.